The predicted octanol–water partition coefficient (Wildman–Crippen LogP) is 5.71. The molecule has 0 aliphatic rings. The number of aromatic nitrogens is 2. The van der Waals surface area contributed by atoms with Crippen LogP contribution in [0, 0.1) is 11.3 Å². The molecule has 1 atom stereocenters. The Morgan fingerprint density at radius 3 is 2.52 bits per heavy atom. The van der Waals surface area contributed by atoms with Crippen molar-refractivity contribution in [3.05, 3.63) is 70.5 Å². The number of nitriles is 1. The zero-order valence-electron chi connectivity index (χ0n) is 17.6. The van der Waals surface area contributed by atoms with Crippen LogP contribution in [0.25, 0.3) is 21.8 Å². The van der Waals surface area contributed by atoms with Gasteiger partial charge in [0.15, 0.2) is 0 Å². The van der Waals surface area contributed by atoms with Gasteiger partial charge >= 0.3 is 0 Å². The van der Waals surface area contributed by atoms with E-state index in [2.05, 4.69) is 66.4 Å². The normalized spacial score (nSPS) is 12.7. The summed E-state index contributed by atoms with van der Waals surface area (Å²) in [6.45, 7) is 7.56. The fourth-order valence-electron chi connectivity index (χ4n) is 4.19. The molecule has 0 saturated carbocycles. The van der Waals surface area contributed by atoms with Gasteiger partial charge in [0.05, 0.1) is 11.6 Å². The van der Waals surface area contributed by atoms with Gasteiger partial charge in [-0.05, 0) is 72.3 Å². The molecule has 4 heteroatoms. The number of hydrogen-bond acceptors (Lipinski definition) is 2. The van der Waals surface area contributed by atoms with E-state index in [9.17, 15) is 5.26 Å². The first-order valence-corrected chi connectivity index (χ1v) is 10.3. The van der Waals surface area contributed by atoms with Crippen molar-refractivity contribution in [1.29, 1.82) is 5.26 Å². The van der Waals surface area contributed by atoms with E-state index in [1.165, 1.54) is 33.3 Å². The Bertz CT molecular complexity index is 1200. The number of aromatic amines is 2. The molecular formula is C25H28N4. The topological polar surface area (TPSA) is 67.4 Å². The van der Waals surface area contributed by atoms with Crippen LogP contribution < -0.4 is 5.32 Å². The van der Waals surface area contributed by atoms with E-state index in [0.29, 0.717) is 11.8 Å². The molecule has 29 heavy (non-hydrogen) atoms. The average Bonchev–Trinajstić information content (AvgIpc) is 3.33. The first-order valence-electron chi connectivity index (χ1n) is 10.3. The summed E-state index contributed by atoms with van der Waals surface area (Å²) >= 11 is 0. The quantitative estimate of drug-likeness (QED) is 0.398. The lowest BCUT2D eigenvalue weighted by Crippen LogP contribution is -2.06. The molecule has 0 aliphatic heterocycles. The Hall–Kier alpha value is -3.03. The van der Waals surface area contributed by atoms with Crippen molar-refractivity contribution >= 4 is 21.8 Å². The van der Waals surface area contributed by atoms with Gasteiger partial charge in [0.25, 0.3) is 0 Å². The molecule has 4 aromatic rings. The smallest absolute Gasteiger partial charge is 0.0998 e. The molecule has 0 aliphatic carbocycles. The first-order chi connectivity index (χ1) is 14.0. The Balaban J connectivity index is 1.69. The van der Waals surface area contributed by atoms with Crippen molar-refractivity contribution in [1.82, 2.24) is 15.3 Å². The van der Waals surface area contributed by atoms with Crippen LogP contribution in [0.15, 0.2) is 42.6 Å². The summed E-state index contributed by atoms with van der Waals surface area (Å²) in [4.78, 5) is 6.90. The monoisotopic (exact) mass is 384 g/mol. The van der Waals surface area contributed by atoms with Crippen molar-refractivity contribution in [2.45, 2.75) is 45.6 Å². The molecule has 2 aromatic heterocycles. The highest BCUT2D eigenvalue weighted by atomic mass is 14.8. The van der Waals surface area contributed by atoms with Crippen LogP contribution in [0.3, 0.4) is 0 Å². The summed E-state index contributed by atoms with van der Waals surface area (Å²) in [6, 6.07) is 15.4. The zero-order valence-corrected chi connectivity index (χ0v) is 17.6. The SMILES string of the molecule is CNCc1cc(C(C)C)cc2[nH]c(CC(C)c3cc(C#N)c4cc[nH]c4c3)cc12. The third kappa shape index (κ3) is 3.66. The van der Waals surface area contributed by atoms with Gasteiger partial charge in [0, 0.05) is 40.2 Å². The van der Waals surface area contributed by atoms with Gasteiger partial charge in [0.2, 0.25) is 0 Å². The molecule has 0 amide bonds. The Labute approximate surface area is 171 Å². The minimum atomic E-state index is 0.306. The maximum absolute atomic E-state index is 9.52. The number of H-pyrrole nitrogens is 2. The fraction of sp³-hybridized carbons (Fsp3) is 0.320. The average molecular weight is 385 g/mol. The van der Waals surface area contributed by atoms with E-state index >= 15 is 0 Å². The van der Waals surface area contributed by atoms with Crippen LogP contribution in [-0.2, 0) is 13.0 Å². The van der Waals surface area contributed by atoms with Crippen LogP contribution >= 0.6 is 0 Å². The zero-order chi connectivity index (χ0) is 20.5. The minimum Gasteiger partial charge on any atom is -0.361 e. The molecule has 148 valence electrons. The molecule has 2 aromatic carbocycles. The summed E-state index contributed by atoms with van der Waals surface area (Å²) in [5.74, 6) is 0.804. The molecule has 0 radical (unpaired) electrons. The third-order valence-corrected chi connectivity index (χ3v) is 5.84. The van der Waals surface area contributed by atoms with E-state index in [1.54, 1.807) is 0 Å². The molecule has 0 bridgehead atoms. The van der Waals surface area contributed by atoms with Crippen molar-refractivity contribution < 1.29 is 0 Å². The third-order valence-electron chi connectivity index (χ3n) is 5.84. The van der Waals surface area contributed by atoms with E-state index in [1.807, 2.05) is 25.4 Å². The molecule has 1 unspecified atom stereocenters. The van der Waals surface area contributed by atoms with Crippen LogP contribution in [-0.4, -0.2) is 17.0 Å². The Morgan fingerprint density at radius 1 is 1.00 bits per heavy atom. The maximum Gasteiger partial charge on any atom is 0.0998 e. The number of rotatable bonds is 6. The van der Waals surface area contributed by atoms with Gasteiger partial charge < -0.3 is 15.3 Å². The van der Waals surface area contributed by atoms with E-state index in [4.69, 9.17) is 0 Å². The van der Waals surface area contributed by atoms with Crippen LogP contribution in [0.4, 0.5) is 0 Å². The van der Waals surface area contributed by atoms with Crippen molar-refractivity contribution in [2.75, 3.05) is 7.05 Å². The van der Waals surface area contributed by atoms with Crippen molar-refractivity contribution in [3.63, 3.8) is 0 Å². The second-order valence-electron chi connectivity index (χ2n) is 8.35. The second-order valence-corrected chi connectivity index (χ2v) is 8.35. The summed E-state index contributed by atoms with van der Waals surface area (Å²) < 4.78 is 0. The first kappa shape index (κ1) is 19.3. The number of benzene rings is 2. The van der Waals surface area contributed by atoms with Crippen molar-refractivity contribution in [2.24, 2.45) is 0 Å². The molecule has 0 fully saturated rings. The summed E-state index contributed by atoms with van der Waals surface area (Å²) in [7, 11) is 1.99. The number of nitrogens with zero attached hydrogens (tertiary/aromatic N) is 1. The molecule has 0 spiro atoms. The van der Waals surface area contributed by atoms with Crippen LogP contribution in [0.1, 0.15) is 60.6 Å². The predicted molar refractivity (Wildman–Crippen MR) is 120 cm³/mol. The van der Waals surface area contributed by atoms with Gasteiger partial charge in [-0.25, -0.2) is 0 Å². The van der Waals surface area contributed by atoms with E-state index in [0.717, 1.165) is 29.4 Å². The minimum absolute atomic E-state index is 0.306. The summed E-state index contributed by atoms with van der Waals surface area (Å²) in [5, 5.41) is 15.1. The van der Waals surface area contributed by atoms with Gasteiger partial charge in [0.1, 0.15) is 0 Å². The van der Waals surface area contributed by atoms with Gasteiger partial charge in [-0.3, -0.25) is 0 Å². The number of hydrogen-bond donors (Lipinski definition) is 3. The van der Waals surface area contributed by atoms with Gasteiger partial charge in [-0.15, -0.1) is 0 Å². The van der Waals surface area contributed by atoms with Crippen molar-refractivity contribution in [3.8, 4) is 6.07 Å². The Kier molecular flexibility index (Phi) is 5.17. The highest BCUT2D eigenvalue weighted by Crippen LogP contribution is 2.30. The lowest BCUT2D eigenvalue weighted by atomic mass is 9.93. The van der Waals surface area contributed by atoms with E-state index in [-0.39, 0.29) is 0 Å². The second kappa shape index (κ2) is 7.77. The molecule has 4 nitrogen and oxygen atoms in total. The Morgan fingerprint density at radius 2 is 1.79 bits per heavy atom. The lowest BCUT2D eigenvalue weighted by molar-refractivity contribution is 0.747. The molecule has 0 saturated heterocycles. The highest BCUT2D eigenvalue weighted by Gasteiger charge is 2.14. The number of fused-ring (bicyclic) bond motifs is 2. The van der Waals surface area contributed by atoms with Crippen LogP contribution in [0.5, 0.6) is 0 Å². The molecule has 3 N–H and O–H groups in total. The van der Waals surface area contributed by atoms with Crippen LogP contribution in [0.2, 0.25) is 0 Å². The molecule has 2 heterocycles. The summed E-state index contributed by atoms with van der Waals surface area (Å²) in [6.07, 6.45) is 2.80. The molecular weight excluding hydrogens is 356 g/mol. The van der Waals surface area contributed by atoms with E-state index < -0.39 is 0 Å². The maximum atomic E-state index is 9.52. The largest absolute Gasteiger partial charge is 0.361 e. The lowest BCUT2D eigenvalue weighted by Gasteiger charge is -2.12. The number of nitrogens with one attached hydrogen (secondary N) is 3. The highest BCUT2D eigenvalue weighted by molar-refractivity contribution is 5.86. The fourth-order valence-corrected chi connectivity index (χ4v) is 4.19. The summed E-state index contributed by atoms with van der Waals surface area (Å²) in [5.41, 5.74) is 8.09. The van der Waals surface area contributed by atoms with Gasteiger partial charge in [-0.2, -0.15) is 5.26 Å². The standard InChI is InChI=1S/C25H28N4/c1-15(2)17-8-20(14-27-4)23-12-21(29-25(23)10-17)7-16(3)18-9-19(13-26)22-5-6-28-24(22)11-18/h5-6,8-12,15-16,27-29H,7,14H2,1-4H3. The van der Waals surface area contributed by atoms with Gasteiger partial charge in [-0.1, -0.05) is 26.8 Å². The molecule has 4 rings (SSSR count).